The number of carbonyl (C=O) groups is 1. The van der Waals surface area contributed by atoms with Crippen molar-refractivity contribution in [1.82, 2.24) is 4.31 Å². The van der Waals surface area contributed by atoms with Crippen LogP contribution in [0.25, 0.3) is 0 Å². The van der Waals surface area contributed by atoms with Crippen LogP contribution in [-0.4, -0.2) is 52.9 Å². The summed E-state index contributed by atoms with van der Waals surface area (Å²) >= 11 is 0. The molecular formula is C21H27N3O3S. The summed E-state index contributed by atoms with van der Waals surface area (Å²) in [6, 6.07) is 12.6. The van der Waals surface area contributed by atoms with E-state index < -0.39 is 10.0 Å². The molecule has 3 rings (SSSR count). The van der Waals surface area contributed by atoms with E-state index in [1.54, 1.807) is 24.1 Å². The minimum Gasteiger partial charge on any atom is -0.371 e. The number of benzene rings is 2. The Morgan fingerprint density at radius 2 is 1.68 bits per heavy atom. The third-order valence-corrected chi connectivity index (χ3v) is 6.93. The zero-order valence-corrected chi connectivity index (χ0v) is 17.7. The summed E-state index contributed by atoms with van der Waals surface area (Å²) in [7, 11) is 1.07. The van der Waals surface area contributed by atoms with Crippen molar-refractivity contribution in [3.63, 3.8) is 0 Å². The van der Waals surface area contributed by atoms with Crippen LogP contribution in [0.4, 0.5) is 11.4 Å². The van der Waals surface area contributed by atoms with Gasteiger partial charge in [-0.3, -0.25) is 4.79 Å². The molecule has 2 aromatic carbocycles. The van der Waals surface area contributed by atoms with Crippen LogP contribution in [0.15, 0.2) is 47.4 Å². The van der Waals surface area contributed by atoms with E-state index in [4.69, 9.17) is 0 Å². The Hall–Kier alpha value is -2.38. The zero-order valence-electron chi connectivity index (χ0n) is 16.8. The van der Waals surface area contributed by atoms with Crippen molar-refractivity contribution in [2.45, 2.75) is 24.7 Å². The third-order valence-electron chi connectivity index (χ3n) is 5.12. The molecule has 0 radical (unpaired) electrons. The molecule has 0 aliphatic carbocycles. The molecule has 28 heavy (non-hydrogen) atoms. The third kappa shape index (κ3) is 3.91. The molecule has 1 saturated heterocycles. The van der Waals surface area contributed by atoms with Crippen molar-refractivity contribution >= 4 is 27.3 Å². The highest BCUT2D eigenvalue weighted by atomic mass is 32.2. The van der Waals surface area contributed by atoms with Crippen LogP contribution >= 0.6 is 0 Å². The second-order valence-corrected chi connectivity index (χ2v) is 9.52. The van der Waals surface area contributed by atoms with Crippen LogP contribution in [0.2, 0.25) is 0 Å². The second kappa shape index (κ2) is 7.93. The minimum absolute atomic E-state index is 0.126. The van der Waals surface area contributed by atoms with Crippen molar-refractivity contribution in [2.75, 3.05) is 44.0 Å². The normalized spacial score (nSPS) is 14.5. The van der Waals surface area contributed by atoms with Gasteiger partial charge < -0.3 is 9.80 Å². The van der Waals surface area contributed by atoms with Gasteiger partial charge in [-0.15, -0.1) is 0 Å². The van der Waals surface area contributed by atoms with Gasteiger partial charge in [0.2, 0.25) is 10.0 Å². The molecule has 0 saturated carbocycles. The fraction of sp³-hybridized carbons (Fsp3) is 0.381. The van der Waals surface area contributed by atoms with Crippen molar-refractivity contribution in [1.29, 1.82) is 0 Å². The molecule has 150 valence electrons. The number of carbonyl (C=O) groups excluding carboxylic acids is 1. The van der Waals surface area contributed by atoms with E-state index >= 15 is 0 Å². The Morgan fingerprint density at radius 1 is 1.00 bits per heavy atom. The van der Waals surface area contributed by atoms with E-state index in [1.807, 2.05) is 31.2 Å². The molecule has 0 N–H and O–H groups in total. The number of nitrogens with zero attached hydrogens (tertiary/aromatic N) is 3. The predicted molar refractivity (Wildman–Crippen MR) is 113 cm³/mol. The number of hydrogen-bond donors (Lipinski definition) is 0. The number of rotatable bonds is 5. The molecule has 0 atom stereocenters. The second-order valence-electron chi connectivity index (χ2n) is 7.36. The Balaban J connectivity index is 2.08. The lowest BCUT2D eigenvalue weighted by Gasteiger charge is -2.25. The first kappa shape index (κ1) is 20.4. The molecule has 0 aromatic heterocycles. The fourth-order valence-corrected chi connectivity index (χ4v) is 4.35. The topological polar surface area (TPSA) is 60.9 Å². The Labute approximate surface area is 167 Å². The van der Waals surface area contributed by atoms with E-state index in [9.17, 15) is 13.2 Å². The number of hydrogen-bond acceptors (Lipinski definition) is 4. The summed E-state index contributed by atoms with van der Waals surface area (Å²) < 4.78 is 26.4. The average molecular weight is 402 g/mol. The van der Waals surface area contributed by atoms with Gasteiger partial charge in [0.05, 0.1) is 10.5 Å². The summed E-state index contributed by atoms with van der Waals surface area (Å²) in [5.74, 6) is -0.219. The lowest BCUT2D eigenvalue weighted by molar-refractivity contribution is 0.0993. The molecule has 0 unspecified atom stereocenters. The van der Waals surface area contributed by atoms with Crippen molar-refractivity contribution in [3.8, 4) is 0 Å². The lowest BCUT2D eigenvalue weighted by Crippen LogP contribution is -2.30. The number of sulfonamides is 1. The molecule has 2 aromatic rings. The average Bonchev–Trinajstić information content (AvgIpc) is 3.20. The predicted octanol–water partition coefficient (Wildman–Crippen LogP) is 3.12. The van der Waals surface area contributed by atoms with Gasteiger partial charge in [0.25, 0.3) is 5.91 Å². The summed E-state index contributed by atoms with van der Waals surface area (Å²) in [6.45, 7) is 3.71. The van der Waals surface area contributed by atoms with Crippen LogP contribution in [-0.2, 0) is 10.0 Å². The molecular weight excluding hydrogens is 374 g/mol. The lowest BCUT2D eigenvalue weighted by atomic mass is 10.1. The Kier molecular flexibility index (Phi) is 5.76. The van der Waals surface area contributed by atoms with Crippen LogP contribution in [0.3, 0.4) is 0 Å². The maximum atomic E-state index is 13.4. The van der Waals surface area contributed by atoms with Gasteiger partial charge >= 0.3 is 0 Å². The first-order valence-electron chi connectivity index (χ1n) is 9.38. The summed E-state index contributed by atoms with van der Waals surface area (Å²) in [4.78, 5) is 17.2. The molecule has 0 spiro atoms. The quantitative estimate of drug-likeness (QED) is 0.772. The van der Waals surface area contributed by atoms with Gasteiger partial charge in [0, 0.05) is 45.6 Å². The standard InChI is InChI=1S/C21H27N3O3S/c1-16-8-7-9-17(14-16)23(4)21(25)19-15-18(28(26,27)22(2)3)10-11-20(19)24-12-5-6-13-24/h7-11,14-15H,5-6,12-13H2,1-4H3. The van der Waals surface area contributed by atoms with E-state index in [0.29, 0.717) is 5.56 Å². The van der Waals surface area contributed by atoms with Crippen LogP contribution in [0.5, 0.6) is 0 Å². The van der Waals surface area contributed by atoms with E-state index in [-0.39, 0.29) is 10.8 Å². The molecule has 1 heterocycles. The first-order valence-corrected chi connectivity index (χ1v) is 10.8. The zero-order chi connectivity index (χ0) is 20.5. The fourth-order valence-electron chi connectivity index (χ4n) is 3.43. The van der Waals surface area contributed by atoms with Gasteiger partial charge in [0.1, 0.15) is 0 Å². The van der Waals surface area contributed by atoms with E-state index in [0.717, 1.165) is 47.2 Å². The smallest absolute Gasteiger partial charge is 0.260 e. The van der Waals surface area contributed by atoms with Crippen LogP contribution in [0.1, 0.15) is 28.8 Å². The molecule has 1 amide bonds. The van der Waals surface area contributed by atoms with Gasteiger partial charge in [-0.1, -0.05) is 12.1 Å². The van der Waals surface area contributed by atoms with Gasteiger partial charge in [-0.2, -0.15) is 0 Å². The number of anilines is 2. The van der Waals surface area contributed by atoms with Gasteiger partial charge in [0.15, 0.2) is 0 Å². The largest absolute Gasteiger partial charge is 0.371 e. The first-order chi connectivity index (χ1) is 13.2. The summed E-state index contributed by atoms with van der Waals surface area (Å²) in [6.07, 6.45) is 2.14. The molecule has 1 aliphatic rings. The highest BCUT2D eigenvalue weighted by Crippen LogP contribution is 2.30. The van der Waals surface area contributed by atoms with Crippen LogP contribution < -0.4 is 9.80 Å². The van der Waals surface area contributed by atoms with Crippen molar-refractivity contribution in [2.24, 2.45) is 0 Å². The van der Waals surface area contributed by atoms with Crippen LogP contribution in [0, 0.1) is 6.92 Å². The molecule has 7 heteroatoms. The van der Waals surface area contributed by atoms with Crippen molar-refractivity contribution in [3.05, 3.63) is 53.6 Å². The van der Waals surface area contributed by atoms with E-state index in [2.05, 4.69) is 4.90 Å². The van der Waals surface area contributed by atoms with E-state index in [1.165, 1.54) is 20.2 Å². The molecule has 1 fully saturated rings. The van der Waals surface area contributed by atoms with Gasteiger partial charge in [-0.25, -0.2) is 12.7 Å². The maximum Gasteiger partial charge on any atom is 0.260 e. The minimum atomic E-state index is -3.63. The number of amides is 1. The molecule has 0 bridgehead atoms. The van der Waals surface area contributed by atoms with Gasteiger partial charge in [-0.05, 0) is 55.7 Å². The summed E-state index contributed by atoms with van der Waals surface area (Å²) in [5.41, 5.74) is 3.03. The highest BCUT2D eigenvalue weighted by Gasteiger charge is 2.26. The SMILES string of the molecule is Cc1cccc(N(C)C(=O)c2cc(S(=O)(=O)N(C)C)ccc2N2CCCC2)c1. The Bertz CT molecular complexity index is 980. The maximum absolute atomic E-state index is 13.4. The highest BCUT2D eigenvalue weighted by molar-refractivity contribution is 7.89. The Morgan fingerprint density at radius 3 is 2.29 bits per heavy atom. The molecule has 1 aliphatic heterocycles. The monoisotopic (exact) mass is 401 g/mol. The summed E-state index contributed by atoms with van der Waals surface area (Å²) in [5, 5.41) is 0. The van der Waals surface area contributed by atoms with Crippen molar-refractivity contribution < 1.29 is 13.2 Å². The number of aryl methyl sites for hydroxylation is 1. The molecule has 6 nitrogen and oxygen atoms in total.